The minimum atomic E-state index is -2.15. The predicted octanol–water partition coefficient (Wildman–Crippen LogP) is 0.995. The molecule has 0 amide bonds. The molecule has 0 aliphatic rings. The van der Waals surface area contributed by atoms with E-state index in [-0.39, 0.29) is 4.88 Å². The SMILES string of the molecule is O=C(O)c1ccc(NS(=O)O)s1. The van der Waals surface area contributed by atoms with Crippen LogP contribution in [0.25, 0.3) is 0 Å². The van der Waals surface area contributed by atoms with Gasteiger partial charge in [-0.3, -0.25) is 9.27 Å². The van der Waals surface area contributed by atoms with Crippen molar-refractivity contribution in [3.8, 4) is 0 Å². The normalized spacial score (nSPS) is 12.4. The molecular formula is C5H5NO4S2. The first-order valence-electron chi connectivity index (χ1n) is 2.80. The average Bonchev–Trinajstić information content (AvgIpc) is 2.34. The third-order valence-electron chi connectivity index (χ3n) is 1.00. The molecule has 7 heteroatoms. The Kier molecular flexibility index (Phi) is 2.79. The van der Waals surface area contributed by atoms with Crippen LogP contribution < -0.4 is 4.72 Å². The van der Waals surface area contributed by atoms with Crippen LogP contribution in [0.3, 0.4) is 0 Å². The summed E-state index contributed by atoms with van der Waals surface area (Å²) in [4.78, 5) is 10.5. The monoisotopic (exact) mass is 207 g/mol. The molecule has 12 heavy (non-hydrogen) atoms. The van der Waals surface area contributed by atoms with Crippen molar-refractivity contribution in [3.63, 3.8) is 0 Å². The first-order valence-corrected chi connectivity index (χ1v) is 4.72. The van der Waals surface area contributed by atoms with Crippen molar-refractivity contribution in [2.75, 3.05) is 4.72 Å². The fourth-order valence-corrected chi connectivity index (χ4v) is 1.81. The van der Waals surface area contributed by atoms with E-state index in [1.165, 1.54) is 12.1 Å². The number of carboxylic acid groups (broad SMARTS) is 1. The first kappa shape index (κ1) is 9.17. The molecular weight excluding hydrogens is 202 g/mol. The minimum Gasteiger partial charge on any atom is -0.477 e. The van der Waals surface area contributed by atoms with E-state index < -0.39 is 17.2 Å². The van der Waals surface area contributed by atoms with Crippen LogP contribution in [0.4, 0.5) is 5.00 Å². The number of rotatable bonds is 3. The summed E-state index contributed by atoms with van der Waals surface area (Å²) in [5.41, 5.74) is 0. The standard InChI is InChI=1S/C5H5NO4S2/c7-5(8)3-1-2-4(11-3)6-12(9)10/h1-2,6H,(H,7,8)(H,9,10). The molecule has 1 aromatic heterocycles. The van der Waals surface area contributed by atoms with Gasteiger partial charge in [0.15, 0.2) is 0 Å². The summed E-state index contributed by atoms with van der Waals surface area (Å²) in [6, 6.07) is 2.80. The van der Waals surface area contributed by atoms with E-state index in [4.69, 9.17) is 9.66 Å². The Morgan fingerprint density at radius 1 is 1.58 bits per heavy atom. The lowest BCUT2D eigenvalue weighted by molar-refractivity contribution is 0.0702. The molecule has 1 rings (SSSR count). The smallest absolute Gasteiger partial charge is 0.345 e. The highest BCUT2D eigenvalue weighted by Gasteiger charge is 2.06. The Labute approximate surface area is 74.5 Å². The van der Waals surface area contributed by atoms with E-state index in [9.17, 15) is 9.00 Å². The zero-order valence-electron chi connectivity index (χ0n) is 5.68. The van der Waals surface area contributed by atoms with Gasteiger partial charge in [0.1, 0.15) is 9.88 Å². The molecule has 0 spiro atoms. The Balaban J connectivity index is 2.77. The lowest BCUT2D eigenvalue weighted by Gasteiger charge is -1.92. The summed E-state index contributed by atoms with van der Waals surface area (Å²) in [6.45, 7) is 0. The Morgan fingerprint density at radius 3 is 2.67 bits per heavy atom. The quantitative estimate of drug-likeness (QED) is 0.645. The molecule has 1 unspecified atom stereocenters. The molecule has 0 bridgehead atoms. The molecule has 0 radical (unpaired) electrons. The molecule has 1 heterocycles. The molecule has 0 aliphatic heterocycles. The molecule has 0 saturated heterocycles. The number of aromatic carboxylic acids is 1. The summed E-state index contributed by atoms with van der Waals surface area (Å²) in [5.74, 6) is -1.04. The summed E-state index contributed by atoms with van der Waals surface area (Å²) in [6.07, 6.45) is 0. The van der Waals surface area contributed by atoms with Crippen molar-refractivity contribution in [1.29, 1.82) is 0 Å². The van der Waals surface area contributed by atoms with E-state index in [0.29, 0.717) is 5.00 Å². The lowest BCUT2D eigenvalue weighted by atomic mass is 10.5. The van der Waals surface area contributed by atoms with Gasteiger partial charge in [-0.15, -0.1) is 11.3 Å². The van der Waals surface area contributed by atoms with Crippen LogP contribution in [0.2, 0.25) is 0 Å². The third-order valence-corrected chi connectivity index (χ3v) is 2.52. The van der Waals surface area contributed by atoms with E-state index in [2.05, 4.69) is 4.72 Å². The number of hydrogen-bond donors (Lipinski definition) is 3. The molecule has 1 atom stereocenters. The van der Waals surface area contributed by atoms with Gasteiger partial charge in [0.25, 0.3) is 11.3 Å². The van der Waals surface area contributed by atoms with E-state index in [1.807, 2.05) is 0 Å². The number of anilines is 1. The van der Waals surface area contributed by atoms with Gasteiger partial charge in [-0.1, -0.05) is 0 Å². The van der Waals surface area contributed by atoms with E-state index in [1.54, 1.807) is 0 Å². The van der Waals surface area contributed by atoms with E-state index in [0.717, 1.165) is 11.3 Å². The first-order chi connectivity index (χ1) is 5.59. The zero-order chi connectivity index (χ0) is 9.14. The maximum atomic E-state index is 10.3. The van der Waals surface area contributed by atoms with E-state index >= 15 is 0 Å². The van der Waals surface area contributed by atoms with Crippen LogP contribution in [0.15, 0.2) is 12.1 Å². The van der Waals surface area contributed by atoms with Crippen LogP contribution in [-0.4, -0.2) is 19.8 Å². The third kappa shape index (κ3) is 2.29. The molecule has 5 nitrogen and oxygen atoms in total. The topological polar surface area (TPSA) is 86.6 Å². The largest absolute Gasteiger partial charge is 0.477 e. The number of nitrogens with one attached hydrogen (secondary N) is 1. The molecule has 66 valence electrons. The Hall–Kier alpha value is -0.920. The minimum absolute atomic E-state index is 0.128. The van der Waals surface area contributed by atoms with Gasteiger partial charge < -0.3 is 5.11 Å². The molecule has 1 aromatic rings. The van der Waals surface area contributed by atoms with Crippen molar-refractivity contribution >= 4 is 33.6 Å². The van der Waals surface area contributed by atoms with Gasteiger partial charge in [-0.05, 0) is 12.1 Å². The zero-order valence-corrected chi connectivity index (χ0v) is 7.32. The summed E-state index contributed by atoms with van der Waals surface area (Å²) in [5, 5.41) is 8.83. The van der Waals surface area contributed by atoms with Crippen LogP contribution in [0.1, 0.15) is 9.67 Å². The van der Waals surface area contributed by atoms with Crippen molar-refractivity contribution < 1.29 is 18.7 Å². The van der Waals surface area contributed by atoms with Gasteiger partial charge in [-0.25, -0.2) is 9.00 Å². The highest BCUT2D eigenvalue weighted by Crippen LogP contribution is 2.21. The highest BCUT2D eigenvalue weighted by atomic mass is 32.2. The van der Waals surface area contributed by atoms with Gasteiger partial charge >= 0.3 is 5.97 Å². The molecule has 0 aliphatic carbocycles. The maximum Gasteiger partial charge on any atom is 0.345 e. The number of carboxylic acids is 1. The second-order valence-electron chi connectivity index (χ2n) is 1.82. The van der Waals surface area contributed by atoms with Crippen LogP contribution >= 0.6 is 11.3 Å². The van der Waals surface area contributed by atoms with Gasteiger partial charge in [-0.2, -0.15) is 0 Å². The van der Waals surface area contributed by atoms with Crippen molar-refractivity contribution in [2.45, 2.75) is 0 Å². The van der Waals surface area contributed by atoms with Gasteiger partial charge in [0.05, 0.1) is 0 Å². The van der Waals surface area contributed by atoms with Crippen molar-refractivity contribution in [3.05, 3.63) is 17.0 Å². The lowest BCUT2D eigenvalue weighted by Crippen LogP contribution is -1.99. The van der Waals surface area contributed by atoms with Crippen LogP contribution in [0, 0.1) is 0 Å². The fraction of sp³-hybridized carbons (Fsp3) is 0. The Bertz CT molecular complexity index is 321. The number of carbonyl (C=O) groups is 1. The highest BCUT2D eigenvalue weighted by molar-refractivity contribution is 7.80. The second-order valence-corrected chi connectivity index (χ2v) is 3.61. The summed E-state index contributed by atoms with van der Waals surface area (Å²) >= 11 is -1.24. The number of thiophene rings is 1. The van der Waals surface area contributed by atoms with Crippen LogP contribution in [-0.2, 0) is 11.3 Å². The second kappa shape index (κ2) is 3.65. The van der Waals surface area contributed by atoms with Crippen molar-refractivity contribution in [2.24, 2.45) is 0 Å². The van der Waals surface area contributed by atoms with Crippen molar-refractivity contribution in [1.82, 2.24) is 0 Å². The van der Waals surface area contributed by atoms with Gasteiger partial charge in [0, 0.05) is 0 Å². The molecule has 3 N–H and O–H groups in total. The summed E-state index contributed by atoms with van der Waals surface area (Å²) < 4.78 is 20.7. The fourth-order valence-electron chi connectivity index (χ4n) is 0.594. The maximum absolute atomic E-state index is 10.3. The molecule has 0 fully saturated rings. The predicted molar refractivity (Wildman–Crippen MR) is 45.7 cm³/mol. The average molecular weight is 207 g/mol. The summed E-state index contributed by atoms with van der Waals surface area (Å²) in [7, 11) is 0. The van der Waals surface area contributed by atoms with Gasteiger partial charge in [0.2, 0.25) is 0 Å². The molecule has 0 saturated carbocycles. The van der Waals surface area contributed by atoms with Crippen LogP contribution in [0.5, 0.6) is 0 Å². The number of hydrogen-bond acceptors (Lipinski definition) is 3. The molecule has 0 aromatic carbocycles. The Morgan fingerprint density at radius 2 is 2.25 bits per heavy atom.